The van der Waals surface area contributed by atoms with Crippen molar-refractivity contribution >= 4 is 0 Å². The summed E-state index contributed by atoms with van der Waals surface area (Å²) >= 11 is 0. The third kappa shape index (κ3) is 3.04. The van der Waals surface area contributed by atoms with E-state index in [1.165, 1.54) is 22.4 Å². The average molecular weight is 257 g/mol. The minimum Gasteiger partial charge on any atom is -0.313 e. The van der Waals surface area contributed by atoms with Crippen LogP contribution in [0.1, 0.15) is 35.3 Å². The first kappa shape index (κ1) is 13.8. The van der Waals surface area contributed by atoms with E-state index in [1.54, 1.807) is 0 Å². The molecule has 0 bridgehead atoms. The molecule has 1 aromatic carbocycles. The maximum atomic E-state index is 4.33. The Balaban J connectivity index is 2.16. The van der Waals surface area contributed by atoms with Gasteiger partial charge in [-0.2, -0.15) is 5.10 Å². The summed E-state index contributed by atoms with van der Waals surface area (Å²) in [5.41, 5.74) is 5.26. The zero-order valence-corrected chi connectivity index (χ0v) is 12.3. The van der Waals surface area contributed by atoms with E-state index in [0.717, 1.165) is 12.8 Å². The molecule has 0 aliphatic heterocycles. The van der Waals surface area contributed by atoms with E-state index < -0.39 is 0 Å². The number of hydrogen-bond acceptors (Lipinski definition) is 2. The van der Waals surface area contributed by atoms with Gasteiger partial charge in [0.25, 0.3) is 0 Å². The second-order valence-electron chi connectivity index (χ2n) is 5.02. The van der Waals surface area contributed by atoms with Gasteiger partial charge in [0.15, 0.2) is 0 Å². The summed E-state index contributed by atoms with van der Waals surface area (Å²) < 4.78 is 1.93. The Morgan fingerprint density at radius 3 is 2.32 bits per heavy atom. The minimum atomic E-state index is 0.321. The molecule has 2 rings (SSSR count). The van der Waals surface area contributed by atoms with Crippen LogP contribution in [-0.2, 0) is 19.9 Å². The Hall–Kier alpha value is -1.61. The fraction of sp³-hybridized carbons (Fsp3) is 0.438. The third-order valence-electron chi connectivity index (χ3n) is 3.87. The van der Waals surface area contributed by atoms with E-state index in [-0.39, 0.29) is 0 Å². The van der Waals surface area contributed by atoms with Gasteiger partial charge in [-0.15, -0.1) is 0 Å². The van der Waals surface area contributed by atoms with Gasteiger partial charge in [-0.25, -0.2) is 0 Å². The summed E-state index contributed by atoms with van der Waals surface area (Å²) in [6.07, 6.45) is 4.06. The summed E-state index contributed by atoms with van der Waals surface area (Å²) in [5, 5.41) is 7.73. The van der Waals surface area contributed by atoms with Gasteiger partial charge in [0.1, 0.15) is 0 Å². The Morgan fingerprint density at radius 1 is 1.21 bits per heavy atom. The molecule has 1 unspecified atom stereocenters. The Labute approximate surface area is 115 Å². The standard InChI is InChI=1S/C16H23N3/c1-5-13-6-8-14(9-7-13)10-16(17-3)15-11-18-19(4)12(15)2/h6-9,11,16-17H,5,10H2,1-4H3. The first-order chi connectivity index (χ1) is 9.15. The Morgan fingerprint density at radius 2 is 1.84 bits per heavy atom. The van der Waals surface area contributed by atoms with Crippen molar-refractivity contribution in [3.05, 3.63) is 52.8 Å². The van der Waals surface area contributed by atoms with Gasteiger partial charge in [-0.1, -0.05) is 31.2 Å². The minimum absolute atomic E-state index is 0.321. The molecule has 1 atom stereocenters. The topological polar surface area (TPSA) is 29.9 Å². The molecule has 1 heterocycles. The monoisotopic (exact) mass is 257 g/mol. The third-order valence-corrected chi connectivity index (χ3v) is 3.87. The second-order valence-corrected chi connectivity index (χ2v) is 5.02. The van der Waals surface area contributed by atoms with Crippen LogP contribution in [0.15, 0.2) is 30.5 Å². The first-order valence-electron chi connectivity index (χ1n) is 6.89. The number of benzene rings is 1. The molecule has 0 aliphatic carbocycles. The van der Waals surface area contributed by atoms with Crippen LogP contribution in [0.3, 0.4) is 0 Å². The van der Waals surface area contributed by atoms with Crippen LogP contribution in [0.4, 0.5) is 0 Å². The summed E-state index contributed by atoms with van der Waals surface area (Å²) in [7, 11) is 4.00. The zero-order valence-electron chi connectivity index (χ0n) is 12.3. The number of hydrogen-bond donors (Lipinski definition) is 1. The van der Waals surface area contributed by atoms with Gasteiger partial charge in [-0.05, 0) is 37.9 Å². The first-order valence-corrected chi connectivity index (χ1v) is 6.89. The van der Waals surface area contributed by atoms with Crippen LogP contribution in [0.5, 0.6) is 0 Å². The van der Waals surface area contributed by atoms with Crippen LogP contribution >= 0.6 is 0 Å². The highest BCUT2D eigenvalue weighted by Gasteiger charge is 2.15. The largest absolute Gasteiger partial charge is 0.313 e. The van der Waals surface area contributed by atoms with Crippen LogP contribution < -0.4 is 5.32 Å². The average Bonchev–Trinajstić information content (AvgIpc) is 2.77. The van der Waals surface area contributed by atoms with Crippen LogP contribution in [-0.4, -0.2) is 16.8 Å². The van der Waals surface area contributed by atoms with Gasteiger partial charge in [0, 0.05) is 24.3 Å². The Bertz CT molecular complexity index is 525. The lowest BCUT2D eigenvalue weighted by atomic mass is 9.98. The van der Waals surface area contributed by atoms with Crippen molar-refractivity contribution < 1.29 is 0 Å². The number of aromatic nitrogens is 2. The number of nitrogens with zero attached hydrogens (tertiary/aromatic N) is 2. The van der Waals surface area contributed by atoms with Gasteiger partial charge >= 0.3 is 0 Å². The van der Waals surface area contributed by atoms with Crippen LogP contribution in [0.25, 0.3) is 0 Å². The zero-order chi connectivity index (χ0) is 13.8. The fourth-order valence-corrected chi connectivity index (χ4v) is 2.37. The molecule has 19 heavy (non-hydrogen) atoms. The molecule has 0 saturated carbocycles. The molecule has 0 saturated heterocycles. The molecule has 102 valence electrons. The molecular formula is C16H23N3. The van der Waals surface area contributed by atoms with E-state index in [0.29, 0.717) is 6.04 Å². The van der Waals surface area contributed by atoms with E-state index in [9.17, 15) is 0 Å². The summed E-state index contributed by atoms with van der Waals surface area (Å²) in [6, 6.07) is 9.22. The molecule has 0 radical (unpaired) electrons. The summed E-state index contributed by atoms with van der Waals surface area (Å²) in [5.74, 6) is 0. The lowest BCUT2D eigenvalue weighted by molar-refractivity contribution is 0.586. The van der Waals surface area contributed by atoms with Crippen molar-refractivity contribution in [2.75, 3.05) is 7.05 Å². The molecule has 0 spiro atoms. The highest BCUT2D eigenvalue weighted by molar-refractivity contribution is 5.27. The fourth-order valence-electron chi connectivity index (χ4n) is 2.37. The van der Waals surface area contributed by atoms with Gasteiger partial charge in [0.2, 0.25) is 0 Å². The second kappa shape index (κ2) is 6.02. The molecule has 2 aromatic rings. The van der Waals surface area contributed by atoms with Gasteiger partial charge in [0.05, 0.1) is 6.20 Å². The SMILES string of the molecule is CCc1ccc(CC(NC)c2cnn(C)c2C)cc1. The number of likely N-dealkylation sites (N-methyl/N-ethyl adjacent to an activating group) is 1. The maximum absolute atomic E-state index is 4.33. The molecule has 0 aliphatic rings. The molecule has 0 amide bonds. The summed E-state index contributed by atoms with van der Waals surface area (Å²) in [6.45, 7) is 4.30. The molecule has 3 heteroatoms. The highest BCUT2D eigenvalue weighted by atomic mass is 15.3. The van der Waals surface area contributed by atoms with Crippen molar-refractivity contribution in [2.45, 2.75) is 32.7 Å². The molecule has 1 N–H and O–H groups in total. The number of nitrogens with one attached hydrogen (secondary N) is 1. The molecular weight excluding hydrogens is 234 g/mol. The molecule has 3 nitrogen and oxygen atoms in total. The Kier molecular flexibility index (Phi) is 4.38. The van der Waals surface area contributed by atoms with Gasteiger partial charge in [-0.3, -0.25) is 4.68 Å². The number of aryl methyl sites for hydroxylation is 2. The van der Waals surface area contributed by atoms with Crippen LogP contribution in [0, 0.1) is 6.92 Å². The van der Waals surface area contributed by atoms with E-state index >= 15 is 0 Å². The number of rotatable bonds is 5. The molecule has 1 aromatic heterocycles. The van der Waals surface area contributed by atoms with E-state index in [1.807, 2.05) is 25.0 Å². The lowest BCUT2D eigenvalue weighted by Crippen LogP contribution is -2.19. The lowest BCUT2D eigenvalue weighted by Gasteiger charge is -2.16. The normalized spacial score (nSPS) is 12.6. The van der Waals surface area contributed by atoms with E-state index in [4.69, 9.17) is 0 Å². The quantitative estimate of drug-likeness (QED) is 0.892. The summed E-state index contributed by atoms with van der Waals surface area (Å²) in [4.78, 5) is 0. The van der Waals surface area contributed by atoms with Crippen molar-refractivity contribution in [1.82, 2.24) is 15.1 Å². The van der Waals surface area contributed by atoms with Crippen LogP contribution in [0.2, 0.25) is 0 Å². The van der Waals surface area contributed by atoms with Crippen molar-refractivity contribution in [1.29, 1.82) is 0 Å². The molecule has 0 fully saturated rings. The van der Waals surface area contributed by atoms with Crippen molar-refractivity contribution in [3.8, 4) is 0 Å². The predicted molar refractivity (Wildman–Crippen MR) is 79.3 cm³/mol. The van der Waals surface area contributed by atoms with Gasteiger partial charge < -0.3 is 5.32 Å². The highest BCUT2D eigenvalue weighted by Crippen LogP contribution is 2.21. The van der Waals surface area contributed by atoms with Crippen molar-refractivity contribution in [2.24, 2.45) is 7.05 Å². The smallest absolute Gasteiger partial charge is 0.0540 e. The predicted octanol–water partition coefficient (Wildman–Crippen LogP) is 2.79. The van der Waals surface area contributed by atoms with Crippen molar-refractivity contribution in [3.63, 3.8) is 0 Å². The van der Waals surface area contributed by atoms with E-state index in [2.05, 4.69) is 48.5 Å². The maximum Gasteiger partial charge on any atom is 0.0540 e.